The zero-order valence-electron chi connectivity index (χ0n) is 12.0. The molecule has 3 atom stereocenters. The zero-order chi connectivity index (χ0) is 14.1. The lowest BCUT2D eigenvalue weighted by molar-refractivity contribution is 0.200. The fourth-order valence-electron chi connectivity index (χ4n) is 3.00. The molecule has 3 rings (SSSR count). The summed E-state index contributed by atoms with van der Waals surface area (Å²) in [6.07, 6.45) is 3.54. The topological polar surface area (TPSA) is 69.6 Å². The Morgan fingerprint density at radius 3 is 2.55 bits per heavy atom. The van der Waals surface area contributed by atoms with Crippen LogP contribution in [0.2, 0.25) is 0 Å². The monoisotopic (exact) mass is 271 g/mol. The first kappa shape index (κ1) is 13.1. The largest absolute Gasteiger partial charge is 0.399 e. The number of nitrogens with two attached hydrogens (primary N) is 1. The van der Waals surface area contributed by atoms with Crippen LogP contribution in [-0.2, 0) is 0 Å². The van der Waals surface area contributed by atoms with Gasteiger partial charge in [0.1, 0.15) is 0 Å². The number of aromatic nitrogens is 4. The van der Waals surface area contributed by atoms with Gasteiger partial charge in [0.2, 0.25) is 0 Å². The van der Waals surface area contributed by atoms with E-state index in [1.54, 1.807) is 0 Å². The maximum atomic E-state index is 5.74. The second-order valence-corrected chi connectivity index (χ2v) is 5.99. The maximum Gasteiger partial charge on any atom is 0.182 e. The smallest absolute Gasteiger partial charge is 0.182 e. The average Bonchev–Trinajstić information content (AvgIpc) is 2.92. The van der Waals surface area contributed by atoms with Crippen LogP contribution in [0.5, 0.6) is 0 Å². The molecule has 0 bridgehead atoms. The van der Waals surface area contributed by atoms with Gasteiger partial charge < -0.3 is 5.73 Å². The first-order chi connectivity index (χ1) is 9.65. The number of rotatable bonds is 2. The molecule has 0 radical (unpaired) electrons. The predicted molar refractivity (Wildman–Crippen MR) is 78.9 cm³/mol. The molecular weight excluding hydrogens is 250 g/mol. The van der Waals surface area contributed by atoms with E-state index in [0.29, 0.717) is 6.04 Å². The molecule has 0 aliphatic heterocycles. The van der Waals surface area contributed by atoms with Gasteiger partial charge in [0, 0.05) is 11.3 Å². The molecule has 1 saturated carbocycles. The Balaban J connectivity index is 1.88. The summed E-state index contributed by atoms with van der Waals surface area (Å²) in [6, 6.07) is 8.14. The molecule has 1 aromatic heterocycles. The van der Waals surface area contributed by atoms with Crippen LogP contribution in [0.1, 0.15) is 39.2 Å². The van der Waals surface area contributed by atoms with Crippen LogP contribution in [0.4, 0.5) is 5.69 Å². The SMILES string of the molecule is CC1CCC(n2nnnc2-c2ccc(N)cc2)CC1C. The van der Waals surface area contributed by atoms with Crippen molar-refractivity contribution in [3.63, 3.8) is 0 Å². The van der Waals surface area contributed by atoms with Gasteiger partial charge in [-0.3, -0.25) is 0 Å². The third-order valence-electron chi connectivity index (χ3n) is 4.58. The summed E-state index contributed by atoms with van der Waals surface area (Å²) >= 11 is 0. The van der Waals surface area contributed by atoms with Gasteiger partial charge >= 0.3 is 0 Å². The molecule has 106 valence electrons. The first-order valence-corrected chi connectivity index (χ1v) is 7.29. The molecule has 20 heavy (non-hydrogen) atoms. The number of hydrogen-bond donors (Lipinski definition) is 1. The number of nitrogens with zero attached hydrogens (tertiary/aromatic N) is 4. The molecule has 3 unspecified atom stereocenters. The van der Waals surface area contributed by atoms with Crippen molar-refractivity contribution < 1.29 is 0 Å². The molecule has 0 saturated heterocycles. The molecule has 0 amide bonds. The van der Waals surface area contributed by atoms with Gasteiger partial charge in [0.05, 0.1) is 6.04 Å². The van der Waals surface area contributed by atoms with Crippen LogP contribution in [0, 0.1) is 11.8 Å². The molecule has 0 spiro atoms. The first-order valence-electron chi connectivity index (χ1n) is 7.29. The highest BCUT2D eigenvalue weighted by molar-refractivity contribution is 5.58. The Hall–Kier alpha value is -1.91. The highest BCUT2D eigenvalue weighted by Gasteiger charge is 2.28. The minimum absolute atomic E-state index is 0.406. The van der Waals surface area contributed by atoms with E-state index in [-0.39, 0.29) is 0 Å². The van der Waals surface area contributed by atoms with Gasteiger partial charge in [0.25, 0.3) is 0 Å². The Labute approximate surface area is 119 Å². The van der Waals surface area contributed by atoms with E-state index < -0.39 is 0 Å². The standard InChI is InChI=1S/C15H21N5/c1-10-3-8-14(9-11(10)2)20-15(17-18-19-20)12-4-6-13(16)7-5-12/h4-7,10-11,14H,3,8-9,16H2,1-2H3. The molecule has 1 aromatic carbocycles. The van der Waals surface area contributed by atoms with Crippen LogP contribution >= 0.6 is 0 Å². The summed E-state index contributed by atoms with van der Waals surface area (Å²) in [7, 11) is 0. The lowest BCUT2D eigenvalue weighted by Crippen LogP contribution is -2.24. The Kier molecular flexibility index (Phi) is 3.42. The van der Waals surface area contributed by atoms with E-state index in [0.717, 1.165) is 41.8 Å². The lowest BCUT2D eigenvalue weighted by atomic mass is 9.79. The summed E-state index contributed by atoms with van der Waals surface area (Å²) < 4.78 is 1.99. The third-order valence-corrected chi connectivity index (χ3v) is 4.58. The van der Waals surface area contributed by atoms with Gasteiger partial charge in [0.15, 0.2) is 5.82 Å². The lowest BCUT2D eigenvalue weighted by Gasteiger charge is -2.32. The highest BCUT2D eigenvalue weighted by Crippen LogP contribution is 2.37. The third kappa shape index (κ3) is 2.40. The van der Waals surface area contributed by atoms with Gasteiger partial charge in [-0.2, -0.15) is 0 Å². The molecular formula is C15H21N5. The van der Waals surface area contributed by atoms with Crippen LogP contribution in [-0.4, -0.2) is 20.2 Å². The van der Waals surface area contributed by atoms with E-state index in [1.807, 2.05) is 28.9 Å². The van der Waals surface area contributed by atoms with Crippen LogP contribution in [0.15, 0.2) is 24.3 Å². The summed E-state index contributed by atoms with van der Waals surface area (Å²) in [5, 5.41) is 12.3. The van der Waals surface area contributed by atoms with Crippen molar-refractivity contribution in [1.29, 1.82) is 0 Å². The van der Waals surface area contributed by atoms with Crippen molar-refractivity contribution >= 4 is 5.69 Å². The number of tetrazole rings is 1. The van der Waals surface area contributed by atoms with Crippen LogP contribution in [0.25, 0.3) is 11.4 Å². The summed E-state index contributed by atoms with van der Waals surface area (Å²) in [4.78, 5) is 0. The summed E-state index contributed by atoms with van der Waals surface area (Å²) in [5.74, 6) is 2.36. The molecule has 1 aliphatic carbocycles. The number of hydrogen-bond acceptors (Lipinski definition) is 4. The van der Waals surface area contributed by atoms with Crippen molar-refractivity contribution in [2.45, 2.75) is 39.2 Å². The minimum atomic E-state index is 0.406. The molecule has 2 aromatic rings. The van der Waals surface area contributed by atoms with Crippen LogP contribution < -0.4 is 5.73 Å². The Morgan fingerprint density at radius 1 is 1.10 bits per heavy atom. The zero-order valence-corrected chi connectivity index (χ0v) is 12.0. The van der Waals surface area contributed by atoms with E-state index >= 15 is 0 Å². The quantitative estimate of drug-likeness (QED) is 0.853. The van der Waals surface area contributed by atoms with Crippen LogP contribution in [0.3, 0.4) is 0 Å². The number of nitrogen functional groups attached to an aromatic ring is 1. The molecule has 1 heterocycles. The second-order valence-electron chi connectivity index (χ2n) is 5.99. The van der Waals surface area contributed by atoms with Crippen molar-refractivity contribution in [2.75, 3.05) is 5.73 Å². The predicted octanol–water partition coefficient (Wildman–Crippen LogP) is 2.92. The van der Waals surface area contributed by atoms with Crippen molar-refractivity contribution in [3.8, 4) is 11.4 Å². The van der Waals surface area contributed by atoms with Gasteiger partial charge in [-0.15, -0.1) is 5.10 Å². The average molecular weight is 271 g/mol. The van der Waals surface area contributed by atoms with Gasteiger partial charge in [-0.25, -0.2) is 4.68 Å². The highest BCUT2D eigenvalue weighted by atomic mass is 15.5. The molecule has 2 N–H and O–H groups in total. The van der Waals surface area contributed by atoms with Gasteiger partial charge in [-0.1, -0.05) is 13.8 Å². The van der Waals surface area contributed by atoms with Gasteiger partial charge in [-0.05, 0) is 65.8 Å². The van der Waals surface area contributed by atoms with E-state index in [2.05, 4.69) is 29.4 Å². The van der Waals surface area contributed by atoms with Crippen molar-refractivity contribution in [2.24, 2.45) is 11.8 Å². The summed E-state index contributed by atoms with van der Waals surface area (Å²) in [5.41, 5.74) is 7.52. The Morgan fingerprint density at radius 2 is 1.85 bits per heavy atom. The molecule has 1 fully saturated rings. The second kappa shape index (κ2) is 5.23. The molecule has 1 aliphatic rings. The van der Waals surface area contributed by atoms with Crippen molar-refractivity contribution in [1.82, 2.24) is 20.2 Å². The fourth-order valence-corrected chi connectivity index (χ4v) is 3.00. The normalized spacial score (nSPS) is 26.6. The van der Waals surface area contributed by atoms with E-state index in [4.69, 9.17) is 5.73 Å². The van der Waals surface area contributed by atoms with Crippen molar-refractivity contribution in [3.05, 3.63) is 24.3 Å². The molecule has 5 nitrogen and oxygen atoms in total. The van der Waals surface area contributed by atoms with E-state index in [9.17, 15) is 0 Å². The van der Waals surface area contributed by atoms with E-state index in [1.165, 1.54) is 6.42 Å². The maximum absolute atomic E-state index is 5.74. The fraction of sp³-hybridized carbons (Fsp3) is 0.533. The minimum Gasteiger partial charge on any atom is -0.399 e. The molecule has 5 heteroatoms. The summed E-state index contributed by atoms with van der Waals surface area (Å²) in [6.45, 7) is 4.66. The Bertz CT molecular complexity index is 574. The number of benzene rings is 1. The number of anilines is 1.